The van der Waals surface area contributed by atoms with Gasteiger partial charge in [0.05, 0.1) is 5.52 Å². The molecule has 4 rings (SSSR count). The molecular formula is C22H18BrN. The molecule has 0 radical (unpaired) electrons. The summed E-state index contributed by atoms with van der Waals surface area (Å²) in [5.41, 5.74) is 7.56. The van der Waals surface area contributed by atoms with Gasteiger partial charge >= 0.3 is 0 Å². The Hall–Kier alpha value is -2.32. The number of rotatable bonds is 2. The maximum Gasteiger partial charge on any atom is 0.0534 e. The lowest BCUT2D eigenvalue weighted by molar-refractivity contribution is 1.04. The average Bonchev–Trinajstić information content (AvgIpc) is 2.87. The molecular weight excluding hydrogens is 358 g/mol. The van der Waals surface area contributed by atoms with Crippen LogP contribution < -0.4 is 0 Å². The molecule has 4 aromatic rings. The van der Waals surface area contributed by atoms with Crippen LogP contribution >= 0.6 is 15.9 Å². The second-order valence-corrected chi connectivity index (χ2v) is 7.04. The SMILES string of the molecule is Cc1c(C)n(-c2ccc(-c3ccccc3)cc2)c2ccc(Br)cc12. The summed E-state index contributed by atoms with van der Waals surface area (Å²) < 4.78 is 3.46. The van der Waals surface area contributed by atoms with Gasteiger partial charge in [-0.1, -0.05) is 58.4 Å². The molecule has 1 heterocycles. The van der Waals surface area contributed by atoms with Crippen molar-refractivity contribution in [3.63, 3.8) is 0 Å². The normalized spacial score (nSPS) is 11.1. The largest absolute Gasteiger partial charge is 0.314 e. The topological polar surface area (TPSA) is 4.93 Å². The molecule has 0 atom stereocenters. The van der Waals surface area contributed by atoms with Gasteiger partial charge in [0, 0.05) is 21.2 Å². The van der Waals surface area contributed by atoms with E-state index >= 15 is 0 Å². The quantitative estimate of drug-likeness (QED) is 0.368. The van der Waals surface area contributed by atoms with E-state index in [0.29, 0.717) is 0 Å². The Morgan fingerprint density at radius 3 is 2.12 bits per heavy atom. The van der Waals surface area contributed by atoms with Crippen LogP contribution in [0.15, 0.2) is 77.3 Å². The summed E-state index contributed by atoms with van der Waals surface area (Å²) in [4.78, 5) is 0. The first-order chi connectivity index (χ1) is 11.6. The first kappa shape index (κ1) is 15.2. The minimum absolute atomic E-state index is 1.12. The highest BCUT2D eigenvalue weighted by Gasteiger charge is 2.12. The number of fused-ring (bicyclic) bond motifs is 1. The zero-order chi connectivity index (χ0) is 16.7. The molecule has 0 aliphatic rings. The first-order valence-corrected chi connectivity index (χ1v) is 8.87. The highest BCUT2D eigenvalue weighted by Crippen LogP contribution is 2.31. The average molecular weight is 376 g/mol. The van der Waals surface area contributed by atoms with Crippen molar-refractivity contribution in [3.05, 3.63) is 88.5 Å². The van der Waals surface area contributed by atoms with Crippen LogP contribution in [0.1, 0.15) is 11.3 Å². The van der Waals surface area contributed by atoms with Crippen molar-refractivity contribution in [3.8, 4) is 16.8 Å². The van der Waals surface area contributed by atoms with Gasteiger partial charge in [-0.15, -0.1) is 0 Å². The van der Waals surface area contributed by atoms with Crippen molar-refractivity contribution in [1.29, 1.82) is 0 Å². The van der Waals surface area contributed by atoms with Crippen LogP contribution in [-0.2, 0) is 0 Å². The Balaban J connectivity index is 1.85. The van der Waals surface area contributed by atoms with Gasteiger partial charge in [0.1, 0.15) is 0 Å². The molecule has 0 aliphatic carbocycles. The van der Waals surface area contributed by atoms with Crippen molar-refractivity contribution in [2.75, 3.05) is 0 Å². The third-order valence-corrected chi connectivity index (χ3v) is 5.21. The van der Waals surface area contributed by atoms with E-state index in [1.54, 1.807) is 0 Å². The second-order valence-electron chi connectivity index (χ2n) is 6.12. The van der Waals surface area contributed by atoms with Crippen LogP contribution in [0.25, 0.3) is 27.7 Å². The minimum Gasteiger partial charge on any atom is -0.314 e. The summed E-state index contributed by atoms with van der Waals surface area (Å²) in [6.07, 6.45) is 0. The highest BCUT2D eigenvalue weighted by molar-refractivity contribution is 9.10. The summed E-state index contributed by atoms with van der Waals surface area (Å²) in [5, 5.41) is 1.30. The summed E-state index contributed by atoms with van der Waals surface area (Å²) in [7, 11) is 0. The zero-order valence-corrected chi connectivity index (χ0v) is 15.3. The van der Waals surface area contributed by atoms with Gasteiger partial charge in [-0.3, -0.25) is 0 Å². The molecule has 118 valence electrons. The Kier molecular flexibility index (Phi) is 3.78. The van der Waals surface area contributed by atoms with E-state index in [2.05, 4.69) is 101 Å². The Morgan fingerprint density at radius 1 is 0.750 bits per heavy atom. The molecule has 0 saturated heterocycles. The molecule has 0 fully saturated rings. The van der Waals surface area contributed by atoms with Gasteiger partial charge in [-0.05, 0) is 60.9 Å². The van der Waals surface area contributed by atoms with E-state index in [9.17, 15) is 0 Å². The predicted octanol–water partition coefficient (Wildman–Crippen LogP) is 6.68. The highest BCUT2D eigenvalue weighted by atomic mass is 79.9. The molecule has 3 aromatic carbocycles. The van der Waals surface area contributed by atoms with Crippen LogP contribution in [0.3, 0.4) is 0 Å². The number of aromatic nitrogens is 1. The molecule has 1 aromatic heterocycles. The van der Waals surface area contributed by atoms with Gasteiger partial charge in [0.15, 0.2) is 0 Å². The summed E-state index contributed by atoms with van der Waals surface area (Å²) in [5.74, 6) is 0. The van der Waals surface area contributed by atoms with E-state index in [1.807, 2.05) is 6.07 Å². The number of benzene rings is 3. The molecule has 0 unspecified atom stereocenters. The number of nitrogens with zero attached hydrogens (tertiary/aromatic N) is 1. The lowest BCUT2D eigenvalue weighted by Gasteiger charge is -2.10. The number of halogens is 1. The molecule has 0 saturated carbocycles. The molecule has 0 spiro atoms. The standard InChI is InChI=1S/C22H18BrN/c1-15-16(2)24(22-13-10-19(23)14-21(15)22)20-11-8-18(9-12-20)17-6-4-3-5-7-17/h3-14H,1-2H3. The van der Waals surface area contributed by atoms with Crippen molar-refractivity contribution in [2.24, 2.45) is 0 Å². The summed E-state index contributed by atoms with van der Waals surface area (Å²) >= 11 is 3.58. The maximum atomic E-state index is 3.58. The molecule has 24 heavy (non-hydrogen) atoms. The number of aryl methyl sites for hydroxylation is 1. The minimum atomic E-state index is 1.12. The molecule has 0 aliphatic heterocycles. The van der Waals surface area contributed by atoms with Crippen molar-refractivity contribution in [2.45, 2.75) is 13.8 Å². The van der Waals surface area contributed by atoms with E-state index in [1.165, 1.54) is 39.0 Å². The van der Waals surface area contributed by atoms with Crippen LogP contribution in [0.5, 0.6) is 0 Å². The van der Waals surface area contributed by atoms with Gasteiger partial charge in [0.25, 0.3) is 0 Å². The Labute approximate surface area is 150 Å². The third kappa shape index (κ3) is 2.47. The molecule has 2 heteroatoms. The van der Waals surface area contributed by atoms with Crippen LogP contribution in [0, 0.1) is 13.8 Å². The van der Waals surface area contributed by atoms with E-state index in [4.69, 9.17) is 0 Å². The van der Waals surface area contributed by atoms with Crippen molar-refractivity contribution >= 4 is 26.8 Å². The van der Waals surface area contributed by atoms with Crippen molar-refractivity contribution < 1.29 is 0 Å². The Bertz CT molecular complexity index is 1010. The monoisotopic (exact) mass is 375 g/mol. The predicted molar refractivity (Wildman–Crippen MR) is 106 cm³/mol. The fourth-order valence-corrected chi connectivity index (χ4v) is 3.67. The fourth-order valence-electron chi connectivity index (χ4n) is 3.31. The Morgan fingerprint density at radius 2 is 1.42 bits per heavy atom. The zero-order valence-electron chi connectivity index (χ0n) is 13.8. The van der Waals surface area contributed by atoms with Gasteiger partial charge in [-0.2, -0.15) is 0 Å². The smallest absolute Gasteiger partial charge is 0.0534 e. The van der Waals surface area contributed by atoms with Crippen molar-refractivity contribution in [1.82, 2.24) is 4.57 Å². The molecule has 0 amide bonds. The number of hydrogen-bond acceptors (Lipinski definition) is 0. The van der Waals surface area contributed by atoms with E-state index < -0.39 is 0 Å². The third-order valence-electron chi connectivity index (χ3n) is 4.71. The maximum absolute atomic E-state index is 3.58. The summed E-state index contributed by atoms with van der Waals surface area (Å²) in [6, 6.07) is 25.8. The first-order valence-electron chi connectivity index (χ1n) is 8.08. The molecule has 0 N–H and O–H groups in total. The van der Waals surface area contributed by atoms with E-state index in [0.717, 1.165) is 4.47 Å². The van der Waals surface area contributed by atoms with Crippen LogP contribution in [0.4, 0.5) is 0 Å². The fraction of sp³-hybridized carbons (Fsp3) is 0.0909. The second kappa shape index (κ2) is 5.95. The molecule has 0 bridgehead atoms. The number of hydrogen-bond donors (Lipinski definition) is 0. The van der Waals surface area contributed by atoms with Gasteiger partial charge in [-0.25, -0.2) is 0 Å². The van der Waals surface area contributed by atoms with E-state index in [-0.39, 0.29) is 0 Å². The van der Waals surface area contributed by atoms with Crippen LogP contribution in [-0.4, -0.2) is 4.57 Å². The van der Waals surface area contributed by atoms with Gasteiger partial charge < -0.3 is 4.57 Å². The lowest BCUT2D eigenvalue weighted by atomic mass is 10.1. The summed E-state index contributed by atoms with van der Waals surface area (Å²) in [6.45, 7) is 4.38. The van der Waals surface area contributed by atoms with Gasteiger partial charge in [0.2, 0.25) is 0 Å². The van der Waals surface area contributed by atoms with Crippen LogP contribution in [0.2, 0.25) is 0 Å². The molecule has 1 nitrogen and oxygen atoms in total. The lowest BCUT2D eigenvalue weighted by Crippen LogP contribution is -1.96.